The minimum Gasteiger partial charge on any atom is -0.616 e. The van der Waals surface area contributed by atoms with Gasteiger partial charge in [0.1, 0.15) is 11.5 Å². The van der Waals surface area contributed by atoms with E-state index in [1.165, 1.54) is 23.5 Å². The molecule has 3 nitrogen and oxygen atoms in total. The first-order valence-electron chi connectivity index (χ1n) is 8.43. The lowest BCUT2D eigenvalue weighted by atomic mass is 10.9. The van der Waals surface area contributed by atoms with Crippen molar-refractivity contribution in [2.45, 2.75) is 0 Å². The summed E-state index contributed by atoms with van der Waals surface area (Å²) in [6.45, 7) is 0. The topological polar surface area (TPSA) is 60.4 Å². The van der Waals surface area contributed by atoms with Crippen molar-refractivity contribution in [3.05, 3.63) is 0 Å². The summed E-state index contributed by atoms with van der Waals surface area (Å²) in [5.41, 5.74) is 0. The van der Waals surface area contributed by atoms with Crippen LogP contribution in [0.3, 0.4) is 0 Å². The molecule has 0 bridgehead atoms. The fourth-order valence-electron chi connectivity index (χ4n) is 1.35. The zero-order chi connectivity index (χ0) is 21.4. The zero-order valence-electron chi connectivity index (χ0n) is 16.4. The predicted molar refractivity (Wildman–Crippen MR) is 160 cm³/mol. The van der Waals surface area contributed by atoms with Crippen LogP contribution in [-0.4, -0.2) is 91.3 Å². The number of thioether (sulfide) groups is 10. The molecule has 0 fully saturated rings. The molecule has 0 amide bonds. The van der Waals surface area contributed by atoms with Crippen molar-refractivity contribution in [1.29, 1.82) is 0 Å². The van der Waals surface area contributed by atoms with Gasteiger partial charge in [-0.15, -0.1) is 94.1 Å². The van der Waals surface area contributed by atoms with Gasteiger partial charge in [0.25, 0.3) is 0 Å². The third-order valence-electron chi connectivity index (χ3n) is 2.56. The SMILES string of the molecule is CSCSCSCSCSC(=O)CSCSCSCSCC[S+]([O-])CCSCO. The van der Waals surface area contributed by atoms with Crippen LogP contribution in [-0.2, 0) is 16.0 Å². The third kappa shape index (κ3) is 27.6. The van der Waals surface area contributed by atoms with Crippen LogP contribution in [0.5, 0.6) is 0 Å². The molecule has 0 aromatic heterocycles. The zero-order valence-corrected chi connectivity index (χ0v) is 25.4. The summed E-state index contributed by atoms with van der Waals surface area (Å²) in [6.07, 6.45) is 2.13. The highest BCUT2D eigenvalue weighted by atomic mass is 32.3. The van der Waals surface area contributed by atoms with Crippen LogP contribution in [0, 0.1) is 0 Å². The van der Waals surface area contributed by atoms with Gasteiger partial charge < -0.3 is 9.66 Å². The maximum absolute atomic E-state index is 11.8. The summed E-state index contributed by atoms with van der Waals surface area (Å²) in [4.78, 5) is 11.8. The van der Waals surface area contributed by atoms with E-state index in [-0.39, 0.29) is 5.94 Å². The lowest BCUT2D eigenvalue weighted by molar-refractivity contribution is -0.108. The Hall–Kier alpha value is 3.44. The molecule has 1 atom stereocenters. The summed E-state index contributed by atoms with van der Waals surface area (Å²) >= 11 is 17.0. The van der Waals surface area contributed by atoms with Gasteiger partial charge in [-0.1, -0.05) is 22.9 Å². The first kappa shape index (κ1) is 32.4. The molecule has 1 N–H and O–H groups in total. The van der Waals surface area contributed by atoms with E-state index in [4.69, 9.17) is 5.11 Å². The number of aliphatic hydroxyl groups is 1. The normalized spacial score (nSPS) is 12.4. The Morgan fingerprint density at radius 3 is 1.90 bits per heavy atom. The maximum Gasteiger partial charge on any atom is 0.199 e. The molecule has 14 heteroatoms. The molecule has 0 saturated heterocycles. The highest BCUT2D eigenvalue weighted by Gasteiger charge is 2.06. The van der Waals surface area contributed by atoms with Gasteiger partial charge in [-0.25, -0.2) is 0 Å². The fourth-order valence-corrected chi connectivity index (χ4v) is 14.0. The Kier molecular flexibility index (Phi) is 31.0. The summed E-state index contributed by atoms with van der Waals surface area (Å²) in [5.74, 6) is 3.85. The van der Waals surface area contributed by atoms with Gasteiger partial charge in [-0.3, -0.25) is 4.79 Å². The quantitative estimate of drug-likeness (QED) is 0.0852. The van der Waals surface area contributed by atoms with Gasteiger partial charge in [0.05, 0.1) is 11.7 Å². The van der Waals surface area contributed by atoms with Gasteiger partial charge in [0.2, 0.25) is 0 Å². The maximum atomic E-state index is 11.8. The molecule has 174 valence electrons. The highest BCUT2D eigenvalue weighted by Crippen LogP contribution is 2.25. The lowest BCUT2D eigenvalue weighted by Crippen LogP contribution is -2.14. The van der Waals surface area contributed by atoms with Gasteiger partial charge in [0.15, 0.2) is 5.12 Å². The van der Waals surface area contributed by atoms with E-state index >= 15 is 0 Å². The molecule has 1 unspecified atom stereocenters. The molecule has 0 saturated carbocycles. The molecule has 0 aromatic rings. The monoisotopic (exact) mass is 610 g/mol. The van der Waals surface area contributed by atoms with E-state index in [2.05, 4.69) is 6.26 Å². The molecule has 0 heterocycles. The Balaban J connectivity index is 3.21. The number of aliphatic hydroxyl groups excluding tert-OH is 1. The fraction of sp³-hybridized carbons (Fsp3) is 0.933. The van der Waals surface area contributed by atoms with Crippen LogP contribution in [0.2, 0.25) is 0 Å². The Bertz CT molecular complexity index is 355. The highest BCUT2D eigenvalue weighted by molar-refractivity contribution is 8.30. The van der Waals surface area contributed by atoms with Crippen molar-refractivity contribution in [3.63, 3.8) is 0 Å². The summed E-state index contributed by atoms with van der Waals surface area (Å²) in [7, 11) is 0. The second-order valence-electron chi connectivity index (χ2n) is 4.79. The van der Waals surface area contributed by atoms with Gasteiger partial charge in [-0.05, 0) is 6.26 Å². The van der Waals surface area contributed by atoms with Crippen molar-refractivity contribution in [1.82, 2.24) is 0 Å². The van der Waals surface area contributed by atoms with E-state index < -0.39 is 11.2 Å². The molecule has 0 aliphatic carbocycles. The Morgan fingerprint density at radius 1 is 0.759 bits per heavy atom. The smallest absolute Gasteiger partial charge is 0.199 e. The van der Waals surface area contributed by atoms with Crippen molar-refractivity contribution in [3.8, 4) is 0 Å². The minimum atomic E-state index is -0.753. The van der Waals surface area contributed by atoms with Crippen LogP contribution in [0.25, 0.3) is 0 Å². The van der Waals surface area contributed by atoms with Crippen LogP contribution in [0.1, 0.15) is 0 Å². The molecule has 0 aromatic carbocycles. The predicted octanol–water partition coefficient (Wildman–Crippen LogP) is 5.88. The van der Waals surface area contributed by atoms with E-state index in [1.54, 1.807) is 11.8 Å². The van der Waals surface area contributed by atoms with Crippen LogP contribution in [0.4, 0.5) is 0 Å². The summed E-state index contributed by atoms with van der Waals surface area (Å²) in [5, 5.41) is 16.2. The summed E-state index contributed by atoms with van der Waals surface area (Å²) in [6, 6.07) is 0. The van der Waals surface area contributed by atoms with Crippen molar-refractivity contribution in [2.75, 3.05) is 76.6 Å². The van der Waals surface area contributed by atoms with Crippen molar-refractivity contribution >= 4 is 134 Å². The van der Waals surface area contributed by atoms with E-state index in [0.29, 0.717) is 16.6 Å². The number of carbonyl (C=O) groups excluding carboxylic acids is 1. The average Bonchev–Trinajstić information content (AvgIpc) is 2.71. The summed E-state index contributed by atoms with van der Waals surface area (Å²) < 4.78 is 11.7. The average molecular weight is 611 g/mol. The molecule has 0 aliphatic rings. The first-order valence-corrected chi connectivity index (χ1v) is 21.5. The molecule has 0 aliphatic heterocycles. The van der Waals surface area contributed by atoms with Gasteiger partial charge >= 0.3 is 0 Å². The minimum absolute atomic E-state index is 0.113. The Labute approximate surface area is 222 Å². The number of hydrogen-bond donors (Lipinski definition) is 1. The molecular formula is C15H30O3S11. The lowest BCUT2D eigenvalue weighted by Gasteiger charge is -2.10. The Morgan fingerprint density at radius 2 is 1.28 bits per heavy atom. The second kappa shape index (κ2) is 27.7. The number of rotatable bonds is 23. The van der Waals surface area contributed by atoms with E-state index in [9.17, 15) is 9.35 Å². The largest absolute Gasteiger partial charge is 0.616 e. The molecule has 29 heavy (non-hydrogen) atoms. The van der Waals surface area contributed by atoms with Crippen LogP contribution >= 0.6 is 118 Å². The molecule has 0 spiro atoms. The molecule has 0 rings (SSSR count). The van der Waals surface area contributed by atoms with E-state index in [1.807, 2.05) is 82.3 Å². The number of hydrogen-bond acceptors (Lipinski definition) is 13. The molecular weight excluding hydrogens is 581 g/mol. The van der Waals surface area contributed by atoms with Crippen molar-refractivity contribution in [2.24, 2.45) is 0 Å². The first-order chi connectivity index (χ1) is 14.2. The van der Waals surface area contributed by atoms with Crippen LogP contribution < -0.4 is 0 Å². The van der Waals surface area contributed by atoms with Gasteiger partial charge in [-0.2, -0.15) is 11.8 Å². The van der Waals surface area contributed by atoms with Crippen molar-refractivity contribution < 1.29 is 14.5 Å². The third-order valence-corrected chi connectivity index (χ3v) is 16.1. The standard InChI is InChI=1S/C15H30O3S11/c1-19-8-23-11-26-13-27-14-28-15(17)6-22-10-25-12-24-9-21-3-5-29(18)4-2-20-7-16/h16H,2-14H2,1H3. The second-order valence-corrected chi connectivity index (χ2v) is 19.0. The van der Waals surface area contributed by atoms with Gasteiger partial charge in [0, 0.05) is 47.1 Å². The molecule has 0 radical (unpaired) electrons. The number of carbonyl (C=O) groups is 1. The van der Waals surface area contributed by atoms with Crippen LogP contribution in [0.15, 0.2) is 0 Å². The van der Waals surface area contributed by atoms with E-state index in [0.717, 1.165) is 52.9 Å².